The molecule has 0 bridgehead atoms. The van der Waals surface area contributed by atoms with Gasteiger partial charge in [-0.15, -0.1) is 0 Å². The van der Waals surface area contributed by atoms with Crippen LogP contribution < -0.4 is 10.1 Å². The van der Waals surface area contributed by atoms with Gasteiger partial charge in [0.25, 0.3) is 5.91 Å². The fourth-order valence-corrected chi connectivity index (χ4v) is 5.41. The summed E-state index contributed by atoms with van der Waals surface area (Å²) in [6.07, 6.45) is 1.62. The molecule has 0 unspecified atom stereocenters. The second kappa shape index (κ2) is 10.3. The number of nitrogens with zero attached hydrogens (tertiary/aromatic N) is 2. The van der Waals surface area contributed by atoms with Crippen molar-refractivity contribution in [1.82, 2.24) is 8.87 Å². The molecule has 0 saturated heterocycles. The summed E-state index contributed by atoms with van der Waals surface area (Å²) in [5.74, 6) is 0.740. The van der Waals surface area contributed by atoms with E-state index in [0.29, 0.717) is 37.5 Å². The SMILES string of the molecule is CCOc1ccc(NC(=O)c2cc(C)n(Cc3ccco3)c2C)cc1S(=O)(=O)N(CC)CC. The molecule has 9 heteroatoms. The topological polar surface area (TPSA) is 93.8 Å². The van der Waals surface area contributed by atoms with Crippen LogP contribution in [0.25, 0.3) is 0 Å². The number of amides is 1. The van der Waals surface area contributed by atoms with Crippen molar-refractivity contribution < 1.29 is 22.4 Å². The monoisotopic (exact) mass is 473 g/mol. The number of carbonyl (C=O) groups is 1. The molecule has 0 spiro atoms. The highest BCUT2D eigenvalue weighted by molar-refractivity contribution is 7.89. The first-order chi connectivity index (χ1) is 15.7. The third-order valence-electron chi connectivity index (χ3n) is 5.54. The molecule has 33 heavy (non-hydrogen) atoms. The molecule has 0 radical (unpaired) electrons. The van der Waals surface area contributed by atoms with Crippen LogP contribution in [0, 0.1) is 13.8 Å². The standard InChI is InChI=1S/C24H31N3O5S/c1-6-26(7-2)33(29,30)23-15-19(11-12-22(23)31-8-3)25-24(28)21-14-17(4)27(18(21)5)16-20-10-9-13-32-20/h9-15H,6-8,16H2,1-5H3,(H,25,28). The van der Waals surface area contributed by atoms with Gasteiger partial charge in [-0.05, 0) is 57.2 Å². The van der Waals surface area contributed by atoms with Gasteiger partial charge >= 0.3 is 0 Å². The summed E-state index contributed by atoms with van der Waals surface area (Å²) >= 11 is 0. The second-order valence-corrected chi connectivity index (χ2v) is 9.49. The molecule has 1 aromatic carbocycles. The molecule has 0 saturated carbocycles. The molecule has 8 nitrogen and oxygen atoms in total. The van der Waals surface area contributed by atoms with Gasteiger partial charge in [0.05, 0.1) is 25.0 Å². The highest BCUT2D eigenvalue weighted by Crippen LogP contribution is 2.30. The average molecular weight is 474 g/mol. The molecule has 0 atom stereocenters. The van der Waals surface area contributed by atoms with Crippen LogP contribution >= 0.6 is 0 Å². The van der Waals surface area contributed by atoms with Gasteiger partial charge < -0.3 is 19.0 Å². The summed E-state index contributed by atoms with van der Waals surface area (Å²) in [4.78, 5) is 13.1. The highest BCUT2D eigenvalue weighted by atomic mass is 32.2. The number of benzene rings is 1. The number of hydrogen-bond acceptors (Lipinski definition) is 5. The van der Waals surface area contributed by atoms with Crippen LogP contribution in [0.2, 0.25) is 0 Å². The summed E-state index contributed by atoms with van der Waals surface area (Å²) in [7, 11) is -3.77. The van der Waals surface area contributed by atoms with E-state index in [-0.39, 0.29) is 16.6 Å². The van der Waals surface area contributed by atoms with Crippen LogP contribution in [0.4, 0.5) is 5.69 Å². The molecule has 2 heterocycles. The summed E-state index contributed by atoms with van der Waals surface area (Å²) in [5.41, 5.74) is 2.61. The Morgan fingerprint density at radius 3 is 2.45 bits per heavy atom. The van der Waals surface area contributed by atoms with E-state index >= 15 is 0 Å². The molecule has 178 valence electrons. The summed E-state index contributed by atoms with van der Waals surface area (Å²) < 4.78 is 40.7. The highest BCUT2D eigenvalue weighted by Gasteiger charge is 2.27. The number of rotatable bonds is 10. The Kier molecular flexibility index (Phi) is 7.65. The predicted octanol–water partition coefficient (Wildman–Crippen LogP) is 4.43. The minimum absolute atomic E-state index is 0.0362. The lowest BCUT2D eigenvalue weighted by Gasteiger charge is -2.21. The summed E-state index contributed by atoms with van der Waals surface area (Å²) in [5, 5.41) is 2.84. The zero-order valence-corrected chi connectivity index (χ0v) is 20.5. The van der Waals surface area contributed by atoms with Gasteiger partial charge in [0, 0.05) is 30.2 Å². The van der Waals surface area contributed by atoms with Crippen LogP contribution in [0.3, 0.4) is 0 Å². The van der Waals surface area contributed by atoms with Crippen LogP contribution in [0.15, 0.2) is 52.0 Å². The Hall–Kier alpha value is -3.04. The lowest BCUT2D eigenvalue weighted by molar-refractivity contribution is 0.102. The minimum atomic E-state index is -3.77. The lowest BCUT2D eigenvalue weighted by atomic mass is 10.2. The van der Waals surface area contributed by atoms with Crippen molar-refractivity contribution >= 4 is 21.6 Å². The van der Waals surface area contributed by atoms with Crippen molar-refractivity contribution in [2.75, 3.05) is 25.0 Å². The maximum atomic E-state index is 13.2. The first kappa shape index (κ1) is 24.6. The van der Waals surface area contributed by atoms with Gasteiger partial charge in [-0.2, -0.15) is 4.31 Å². The maximum absolute atomic E-state index is 13.2. The van der Waals surface area contributed by atoms with Crippen molar-refractivity contribution in [3.8, 4) is 5.75 Å². The first-order valence-electron chi connectivity index (χ1n) is 11.0. The van der Waals surface area contributed by atoms with Crippen molar-refractivity contribution in [1.29, 1.82) is 0 Å². The molecule has 1 amide bonds. The van der Waals surface area contributed by atoms with E-state index in [1.807, 2.05) is 36.6 Å². The molecule has 0 aliphatic rings. The first-order valence-corrected chi connectivity index (χ1v) is 12.4. The molecule has 0 aliphatic heterocycles. The summed E-state index contributed by atoms with van der Waals surface area (Å²) in [6, 6.07) is 10.2. The van der Waals surface area contributed by atoms with E-state index in [0.717, 1.165) is 17.1 Å². The van der Waals surface area contributed by atoms with Crippen molar-refractivity contribution in [3.63, 3.8) is 0 Å². The molecule has 0 fully saturated rings. The molecule has 3 aromatic rings. The largest absolute Gasteiger partial charge is 0.492 e. The zero-order valence-electron chi connectivity index (χ0n) is 19.7. The van der Waals surface area contributed by atoms with Gasteiger partial charge in [-0.25, -0.2) is 8.42 Å². The number of aryl methyl sites for hydroxylation is 1. The van der Waals surface area contributed by atoms with E-state index in [4.69, 9.17) is 9.15 Å². The number of sulfonamides is 1. The van der Waals surface area contributed by atoms with E-state index in [2.05, 4.69) is 5.32 Å². The summed E-state index contributed by atoms with van der Waals surface area (Å²) in [6.45, 7) is 10.7. The third kappa shape index (κ3) is 5.15. The van der Waals surface area contributed by atoms with Crippen LogP contribution in [-0.4, -0.2) is 42.9 Å². The number of furan rings is 1. The molecular formula is C24H31N3O5S. The van der Waals surface area contributed by atoms with Crippen molar-refractivity contribution in [3.05, 3.63) is 65.4 Å². The smallest absolute Gasteiger partial charge is 0.257 e. The van der Waals surface area contributed by atoms with Gasteiger partial charge in [-0.3, -0.25) is 4.79 Å². The fourth-order valence-electron chi connectivity index (χ4n) is 3.80. The fraction of sp³-hybridized carbons (Fsp3) is 0.375. The Bertz CT molecular complexity index is 1210. The van der Waals surface area contributed by atoms with E-state index in [9.17, 15) is 13.2 Å². The number of ether oxygens (including phenoxy) is 1. The second-order valence-electron chi connectivity index (χ2n) is 7.59. The number of aromatic nitrogens is 1. The number of nitrogens with one attached hydrogen (secondary N) is 1. The van der Waals surface area contributed by atoms with E-state index in [1.54, 1.807) is 39.2 Å². The average Bonchev–Trinajstić information content (AvgIpc) is 3.39. The quantitative estimate of drug-likeness (QED) is 0.470. The Labute approximate surface area is 195 Å². The minimum Gasteiger partial charge on any atom is -0.492 e. The molecule has 0 aliphatic carbocycles. The Morgan fingerprint density at radius 2 is 1.85 bits per heavy atom. The Balaban J connectivity index is 1.92. The van der Waals surface area contributed by atoms with Gasteiger partial charge in [-0.1, -0.05) is 13.8 Å². The molecular weight excluding hydrogens is 442 g/mol. The van der Waals surface area contributed by atoms with Crippen LogP contribution in [-0.2, 0) is 16.6 Å². The van der Waals surface area contributed by atoms with Gasteiger partial charge in [0.2, 0.25) is 10.0 Å². The Morgan fingerprint density at radius 1 is 1.12 bits per heavy atom. The van der Waals surface area contributed by atoms with E-state index < -0.39 is 10.0 Å². The maximum Gasteiger partial charge on any atom is 0.257 e. The molecule has 1 N–H and O–H groups in total. The molecule has 2 aromatic heterocycles. The van der Waals surface area contributed by atoms with E-state index in [1.165, 1.54) is 10.4 Å². The van der Waals surface area contributed by atoms with Crippen molar-refractivity contribution in [2.45, 2.75) is 46.1 Å². The lowest BCUT2D eigenvalue weighted by Crippen LogP contribution is -2.31. The van der Waals surface area contributed by atoms with Gasteiger partial charge in [0.1, 0.15) is 16.4 Å². The molecule has 3 rings (SSSR count). The number of carbonyl (C=O) groups excluding carboxylic acids is 1. The van der Waals surface area contributed by atoms with Crippen LogP contribution in [0.1, 0.15) is 48.3 Å². The van der Waals surface area contributed by atoms with Crippen LogP contribution in [0.5, 0.6) is 5.75 Å². The third-order valence-corrected chi connectivity index (χ3v) is 7.61. The predicted molar refractivity (Wildman–Crippen MR) is 127 cm³/mol. The van der Waals surface area contributed by atoms with Gasteiger partial charge in [0.15, 0.2) is 0 Å². The normalized spacial score (nSPS) is 11.7. The zero-order chi connectivity index (χ0) is 24.2. The number of anilines is 1. The van der Waals surface area contributed by atoms with Crippen molar-refractivity contribution in [2.24, 2.45) is 0 Å². The number of hydrogen-bond donors (Lipinski definition) is 1.